The van der Waals surface area contributed by atoms with Crippen LogP contribution in [0, 0.1) is 17.3 Å². The molecule has 0 aromatic heterocycles. The van der Waals surface area contributed by atoms with Crippen LogP contribution >= 0.6 is 23.2 Å². The van der Waals surface area contributed by atoms with Crippen molar-refractivity contribution in [3.8, 4) is 0 Å². The molecule has 2 atom stereocenters. The molecule has 2 unspecified atom stereocenters. The molecule has 1 aromatic rings. The lowest BCUT2D eigenvalue weighted by Gasteiger charge is -2.01. The van der Waals surface area contributed by atoms with E-state index in [0.717, 1.165) is 5.56 Å². The maximum absolute atomic E-state index is 11.9. The van der Waals surface area contributed by atoms with Crippen LogP contribution in [-0.4, -0.2) is 12.6 Å². The van der Waals surface area contributed by atoms with Crippen LogP contribution < -0.4 is 0 Å². The SMILES string of the molecule is CCOC(=O)C1C(/C=C(\Cl)c2ccc(Cl)cc2)C1(C)C. The fourth-order valence-electron chi connectivity index (χ4n) is 2.53. The molecule has 0 amide bonds. The summed E-state index contributed by atoms with van der Waals surface area (Å²) in [7, 11) is 0. The second-order valence-electron chi connectivity index (χ2n) is 5.60. The smallest absolute Gasteiger partial charge is 0.310 e. The van der Waals surface area contributed by atoms with E-state index in [9.17, 15) is 4.79 Å². The van der Waals surface area contributed by atoms with Crippen molar-refractivity contribution in [1.82, 2.24) is 0 Å². The molecule has 0 aliphatic heterocycles. The molecule has 0 saturated heterocycles. The highest BCUT2D eigenvalue weighted by Gasteiger charge is 2.61. The average molecular weight is 313 g/mol. The molecule has 0 spiro atoms. The lowest BCUT2D eigenvalue weighted by atomic mass is 10.1. The van der Waals surface area contributed by atoms with Crippen molar-refractivity contribution in [1.29, 1.82) is 0 Å². The van der Waals surface area contributed by atoms with Gasteiger partial charge >= 0.3 is 5.97 Å². The monoisotopic (exact) mass is 312 g/mol. The molecule has 0 bridgehead atoms. The minimum absolute atomic E-state index is 0.0984. The Labute approximate surface area is 129 Å². The Morgan fingerprint density at radius 3 is 2.50 bits per heavy atom. The third-order valence-electron chi connectivity index (χ3n) is 3.90. The van der Waals surface area contributed by atoms with E-state index in [-0.39, 0.29) is 23.2 Å². The second-order valence-corrected chi connectivity index (χ2v) is 6.44. The van der Waals surface area contributed by atoms with Gasteiger partial charge in [0.15, 0.2) is 0 Å². The number of carbonyl (C=O) groups excluding carboxylic acids is 1. The Hall–Kier alpha value is -0.990. The molecule has 20 heavy (non-hydrogen) atoms. The first kappa shape index (κ1) is 15.4. The first-order chi connectivity index (χ1) is 9.37. The summed E-state index contributed by atoms with van der Waals surface area (Å²) in [5, 5.41) is 1.32. The Morgan fingerprint density at radius 2 is 1.95 bits per heavy atom. The van der Waals surface area contributed by atoms with Gasteiger partial charge in [-0.3, -0.25) is 4.79 Å². The zero-order valence-electron chi connectivity index (χ0n) is 11.8. The molecular formula is C16H18Cl2O2. The quantitative estimate of drug-likeness (QED) is 0.750. The highest BCUT2D eigenvalue weighted by atomic mass is 35.5. The van der Waals surface area contributed by atoms with Crippen molar-refractivity contribution >= 4 is 34.2 Å². The minimum Gasteiger partial charge on any atom is -0.466 e. The van der Waals surface area contributed by atoms with E-state index in [2.05, 4.69) is 13.8 Å². The van der Waals surface area contributed by atoms with Crippen molar-refractivity contribution in [3.63, 3.8) is 0 Å². The number of rotatable bonds is 4. The summed E-state index contributed by atoms with van der Waals surface area (Å²) in [4.78, 5) is 11.9. The van der Waals surface area contributed by atoms with E-state index >= 15 is 0 Å². The number of hydrogen-bond acceptors (Lipinski definition) is 2. The van der Waals surface area contributed by atoms with Crippen molar-refractivity contribution < 1.29 is 9.53 Å². The van der Waals surface area contributed by atoms with Crippen molar-refractivity contribution in [2.45, 2.75) is 20.8 Å². The van der Waals surface area contributed by atoms with E-state index in [1.54, 1.807) is 12.1 Å². The van der Waals surface area contributed by atoms with Crippen LogP contribution in [0.4, 0.5) is 0 Å². The fraction of sp³-hybridized carbons (Fsp3) is 0.438. The van der Waals surface area contributed by atoms with Crippen molar-refractivity contribution in [2.24, 2.45) is 17.3 Å². The van der Waals surface area contributed by atoms with Gasteiger partial charge in [-0.1, -0.05) is 55.3 Å². The molecule has 0 heterocycles. The first-order valence-corrected chi connectivity index (χ1v) is 7.43. The molecule has 0 radical (unpaired) electrons. The van der Waals surface area contributed by atoms with Gasteiger partial charge in [0, 0.05) is 10.1 Å². The minimum atomic E-state index is -0.140. The topological polar surface area (TPSA) is 26.3 Å². The van der Waals surface area contributed by atoms with E-state index < -0.39 is 0 Å². The van der Waals surface area contributed by atoms with Gasteiger partial charge in [-0.25, -0.2) is 0 Å². The highest BCUT2D eigenvalue weighted by molar-refractivity contribution is 6.48. The Kier molecular flexibility index (Phi) is 4.46. The second kappa shape index (κ2) is 5.79. The molecule has 1 fully saturated rings. The Bertz CT molecular complexity index is 532. The maximum atomic E-state index is 11.9. The largest absolute Gasteiger partial charge is 0.466 e. The van der Waals surface area contributed by atoms with Gasteiger partial charge in [0.1, 0.15) is 0 Å². The number of allylic oxidation sites excluding steroid dienone is 1. The van der Waals surface area contributed by atoms with Crippen LogP contribution in [0.2, 0.25) is 5.02 Å². The van der Waals surface area contributed by atoms with Gasteiger partial charge in [-0.2, -0.15) is 0 Å². The molecule has 1 aromatic carbocycles. The van der Waals surface area contributed by atoms with Gasteiger partial charge in [-0.05, 0) is 36.0 Å². The van der Waals surface area contributed by atoms with Crippen LogP contribution in [0.5, 0.6) is 0 Å². The van der Waals surface area contributed by atoms with Crippen LogP contribution in [0.1, 0.15) is 26.3 Å². The number of hydrogen-bond donors (Lipinski definition) is 0. The van der Waals surface area contributed by atoms with Gasteiger partial charge in [0.2, 0.25) is 0 Å². The van der Waals surface area contributed by atoms with E-state index in [1.165, 1.54) is 0 Å². The van der Waals surface area contributed by atoms with Gasteiger partial charge in [0.25, 0.3) is 0 Å². The molecule has 108 valence electrons. The van der Waals surface area contributed by atoms with Gasteiger partial charge in [0.05, 0.1) is 12.5 Å². The Morgan fingerprint density at radius 1 is 1.35 bits per heavy atom. The summed E-state index contributed by atoms with van der Waals surface area (Å²) in [6.45, 7) is 6.34. The zero-order valence-corrected chi connectivity index (χ0v) is 13.3. The highest BCUT2D eigenvalue weighted by Crippen LogP contribution is 2.60. The number of esters is 1. The normalized spacial score (nSPS) is 24.4. The number of carbonyl (C=O) groups is 1. The molecule has 2 nitrogen and oxygen atoms in total. The third-order valence-corrected chi connectivity index (χ3v) is 4.49. The molecule has 1 saturated carbocycles. The van der Waals surface area contributed by atoms with Crippen LogP contribution in [0.15, 0.2) is 30.3 Å². The van der Waals surface area contributed by atoms with E-state index in [1.807, 2.05) is 25.1 Å². The van der Waals surface area contributed by atoms with Crippen LogP contribution in [0.3, 0.4) is 0 Å². The van der Waals surface area contributed by atoms with Crippen LogP contribution in [0.25, 0.3) is 5.03 Å². The average Bonchev–Trinajstić information content (AvgIpc) is 2.92. The molecule has 0 N–H and O–H groups in total. The molecular weight excluding hydrogens is 295 g/mol. The molecule has 1 aliphatic rings. The van der Waals surface area contributed by atoms with Crippen molar-refractivity contribution in [2.75, 3.05) is 6.61 Å². The predicted molar refractivity (Wildman–Crippen MR) is 82.7 cm³/mol. The van der Waals surface area contributed by atoms with Gasteiger partial charge in [-0.15, -0.1) is 0 Å². The molecule has 2 rings (SSSR count). The first-order valence-electron chi connectivity index (χ1n) is 6.67. The summed E-state index contributed by atoms with van der Waals surface area (Å²) in [6.07, 6.45) is 1.95. The summed E-state index contributed by atoms with van der Waals surface area (Å²) < 4.78 is 5.11. The Balaban J connectivity index is 2.14. The third kappa shape index (κ3) is 3.02. The summed E-state index contributed by atoms with van der Waals surface area (Å²) in [5.41, 5.74) is 0.806. The summed E-state index contributed by atoms with van der Waals surface area (Å²) >= 11 is 12.2. The van der Waals surface area contributed by atoms with E-state index in [0.29, 0.717) is 16.7 Å². The summed E-state index contributed by atoms with van der Waals surface area (Å²) in [5.74, 6) is -0.132. The molecule has 1 aliphatic carbocycles. The standard InChI is InChI=1S/C16H18Cl2O2/c1-4-20-15(19)14-12(16(14,2)3)9-13(18)10-5-7-11(17)8-6-10/h5-9,12,14H,4H2,1-3H3/b13-9-. The predicted octanol–water partition coefficient (Wildman–Crippen LogP) is 4.76. The number of benzene rings is 1. The summed E-state index contributed by atoms with van der Waals surface area (Å²) in [6, 6.07) is 7.34. The fourth-order valence-corrected chi connectivity index (χ4v) is 2.92. The van der Waals surface area contributed by atoms with Gasteiger partial charge < -0.3 is 4.74 Å². The lowest BCUT2D eigenvalue weighted by Crippen LogP contribution is -2.10. The van der Waals surface area contributed by atoms with E-state index in [4.69, 9.17) is 27.9 Å². The lowest BCUT2D eigenvalue weighted by molar-refractivity contribution is -0.145. The molecule has 4 heteroatoms. The van der Waals surface area contributed by atoms with Crippen molar-refractivity contribution in [3.05, 3.63) is 40.9 Å². The van der Waals surface area contributed by atoms with Crippen LogP contribution in [-0.2, 0) is 9.53 Å². The number of ether oxygens (including phenoxy) is 1. The number of halogens is 2. The maximum Gasteiger partial charge on any atom is 0.310 e. The zero-order chi connectivity index (χ0) is 14.9.